The number of para-hydroxylation sites is 1. The summed E-state index contributed by atoms with van der Waals surface area (Å²) in [5.74, 6) is 0.390. The SMILES string of the molecule is CCOC(=O)c1c(N2CC(C)OC(C)C2)nc2ccccc2c1C. The van der Waals surface area contributed by atoms with Crippen molar-refractivity contribution in [2.75, 3.05) is 24.6 Å². The second-order valence-electron chi connectivity index (χ2n) is 6.34. The largest absolute Gasteiger partial charge is 0.462 e. The quantitative estimate of drug-likeness (QED) is 0.809. The Balaban J connectivity index is 2.17. The van der Waals surface area contributed by atoms with E-state index in [0.29, 0.717) is 31.1 Å². The zero-order valence-corrected chi connectivity index (χ0v) is 14.7. The fraction of sp³-hybridized carbons (Fsp3) is 0.474. The van der Waals surface area contributed by atoms with Crippen molar-refractivity contribution in [2.24, 2.45) is 0 Å². The number of morpholine rings is 1. The fourth-order valence-corrected chi connectivity index (χ4v) is 3.39. The van der Waals surface area contributed by atoms with E-state index in [2.05, 4.69) is 4.90 Å². The number of carbonyl (C=O) groups is 1. The number of nitrogens with zero attached hydrogens (tertiary/aromatic N) is 2. The smallest absolute Gasteiger partial charge is 0.342 e. The Kier molecular flexibility index (Phi) is 4.71. The molecule has 1 fully saturated rings. The highest BCUT2D eigenvalue weighted by Crippen LogP contribution is 2.30. The first kappa shape index (κ1) is 16.7. The predicted molar refractivity (Wildman–Crippen MR) is 94.7 cm³/mol. The van der Waals surface area contributed by atoms with Gasteiger partial charge in [0.25, 0.3) is 0 Å². The molecule has 2 aromatic rings. The number of ether oxygens (including phenoxy) is 2. The molecule has 2 unspecified atom stereocenters. The number of aryl methyl sites for hydroxylation is 1. The van der Waals surface area contributed by atoms with Gasteiger partial charge in [-0.05, 0) is 39.3 Å². The molecule has 1 aromatic carbocycles. The van der Waals surface area contributed by atoms with Crippen LogP contribution in [0, 0.1) is 6.92 Å². The lowest BCUT2D eigenvalue weighted by molar-refractivity contribution is -0.00559. The molecule has 128 valence electrons. The van der Waals surface area contributed by atoms with Gasteiger partial charge in [-0.1, -0.05) is 18.2 Å². The summed E-state index contributed by atoms with van der Waals surface area (Å²) in [7, 11) is 0. The molecule has 0 amide bonds. The molecule has 0 N–H and O–H groups in total. The van der Waals surface area contributed by atoms with Crippen LogP contribution in [0.25, 0.3) is 10.9 Å². The zero-order chi connectivity index (χ0) is 17.3. The van der Waals surface area contributed by atoms with Crippen molar-refractivity contribution >= 4 is 22.7 Å². The van der Waals surface area contributed by atoms with E-state index in [4.69, 9.17) is 14.5 Å². The normalized spacial score (nSPS) is 21.1. The van der Waals surface area contributed by atoms with Crippen molar-refractivity contribution in [3.63, 3.8) is 0 Å². The summed E-state index contributed by atoms with van der Waals surface area (Å²) in [6.45, 7) is 9.64. The van der Waals surface area contributed by atoms with Crippen LogP contribution < -0.4 is 4.90 Å². The van der Waals surface area contributed by atoms with Crippen LogP contribution in [0.5, 0.6) is 0 Å². The molecular formula is C19H24N2O3. The number of hydrogen-bond acceptors (Lipinski definition) is 5. The van der Waals surface area contributed by atoms with Gasteiger partial charge < -0.3 is 14.4 Å². The molecule has 0 bridgehead atoms. The van der Waals surface area contributed by atoms with E-state index in [-0.39, 0.29) is 18.2 Å². The minimum Gasteiger partial charge on any atom is -0.462 e. The van der Waals surface area contributed by atoms with E-state index in [1.54, 1.807) is 0 Å². The molecule has 5 heteroatoms. The zero-order valence-electron chi connectivity index (χ0n) is 14.7. The molecule has 1 aromatic heterocycles. The first-order valence-electron chi connectivity index (χ1n) is 8.48. The summed E-state index contributed by atoms with van der Waals surface area (Å²) in [4.78, 5) is 19.6. The van der Waals surface area contributed by atoms with Crippen LogP contribution in [0.2, 0.25) is 0 Å². The van der Waals surface area contributed by atoms with Gasteiger partial charge >= 0.3 is 5.97 Å². The average molecular weight is 328 g/mol. The molecule has 24 heavy (non-hydrogen) atoms. The van der Waals surface area contributed by atoms with E-state index in [9.17, 15) is 4.79 Å². The lowest BCUT2D eigenvalue weighted by Crippen LogP contribution is -2.46. The molecule has 2 atom stereocenters. The summed E-state index contributed by atoms with van der Waals surface area (Å²) in [5.41, 5.74) is 2.38. The molecule has 2 heterocycles. The topological polar surface area (TPSA) is 51.7 Å². The molecule has 1 aliphatic heterocycles. The van der Waals surface area contributed by atoms with Crippen LogP contribution in [0.3, 0.4) is 0 Å². The lowest BCUT2D eigenvalue weighted by Gasteiger charge is -2.37. The van der Waals surface area contributed by atoms with Crippen molar-refractivity contribution in [3.05, 3.63) is 35.4 Å². The molecule has 0 aliphatic carbocycles. The van der Waals surface area contributed by atoms with Gasteiger partial charge in [-0.3, -0.25) is 0 Å². The van der Waals surface area contributed by atoms with Crippen LogP contribution in [0.15, 0.2) is 24.3 Å². The lowest BCUT2D eigenvalue weighted by atomic mass is 10.0. The average Bonchev–Trinajstić information content (AvgIpc) is 2.54. The van der Waals surface area contributed by atoms with Crippen LogP contribution in [0.4, 0.5) is 5.82 Å². The summed E-state index contributed by atoms with van der Waals surface area (Å²) in [5, 5.41) is 0.985. The third kappa shape index (κ3) is 3.08. The summed E-state index contributed by atoms with van der Waals surface area (Å²) in [6.07, 6.45) is 0.190. The maximum atomic E-state index is 12.6. The van der Waals surface area contributed by atoms with Crippen molar-refractivity contribution < 1.29 is 14.3 Å². The third-order valence-electron chi connectivity index (χ3n) is 4.33. The number of hydrogen-bond donors (Lipinski definition) is 0. The van der Waals surface area contributed by atoms with Crippen molar-refractivity contribution in [2.45, 2.75) is 39.9 Å². The summed E-state index contributed by atoms with van der Waals surface area (Å²) < 4.78 is 11.1. The maximum Gasteiger partial charge on any atom is 0.342 e. The molecule has 1 saturated heterocycles. The van der Waals surface area contributed by atoms with E-state index in [0.717, 1.165) is 16.5 Å². The number of aromatic nitrogens is 1. The number of pyridine rings is 1. The number of fused-ring (bicyclic) bond motifs is 1. The number of esters is 1. The van der Waals surface area contributed by atoms with Crippen LogP contribution in [0.1, 0.15) is 36.7 Å². The Morgan fingerprint density at radius 3 is 2.62 bits per heavy atom. The number of carbonyl (C=O) groups excluding carboxylic acids is 1. The highest BCUT2D eigenvalue weighted by molar-refractivity contribution is 6.02. The van der Waals surface area contributed by atoms with E-state index < -0.39 is 0 Å². The second kappa shape index (κ2) is 6.77. The molecule has 0 spiro atoms. The molecular weight excluding hydrogens is 304 g/mol. The van der Waals surface area contributed by atoms with Crippen LogP contribution in [-0.2, 0) is 9.47 Å². The Morgan fingerprint density at radius 2 is 1.96 bits per heavy atom. The highest BCUT2D eigenvalue weighted by Gasteiger charge is 2.29. The van der Waals surface area contributed by atoms with Crippen molar-refractivity contribution in [1.82, 2.24) is 4.98 Å². The molecule has 0 saturated carbocycles. The van der Waals surface area contributed by atoms with E-state index in [1.165, 1.54) is 0 Å². The summed E-state index contributed by atoms with van der Waals surface area (Å²) in [6, 6.07) is 7.90. The van der Waals surface area contributed by atoms with Gasteiger partial charge in [0, 0.05) is 18.5 Å². The van der Waals surface area contributed by atoms with Gasteiger partial charge in [0.15, 0.2) is 0 Å². The highest BCUT2D eigenvalue weighted by atomic mass is 16.5. The Hall–Kier alpha value is -2.14. The van der Waals surface area contributed by atoms with Gasteiger partial charge in [-0.15, -0.1) is 0 Å². The molecule has 0 radical (unpaired) electrons. The van der Waals surface area contributed by atoms with Gasteiger partial charge in [0.1, 0.15) is 11.4 Å². The first-order chi connectivity index (χ1) is 11.5. The van der Waals surface area contributed by atoms with Gasteiger partial charge in [0.05, 0.1) is 24.3 Å². The number of benzene rings is 1. The molecule has 3 rings (SSSR count). The first-order valence-corrected chi connectivity index (χ1v) is 8.48. The van der Waals surface area contributed by atoms with E-state index >= 15 is 0 Å². The van der Waals surface area contributed by atoms with Gasteiger partial charge in [-0.2, -0.15) is 0 Å². The summed E-state index contributed by atoms with van der Waals surface area (Å²) >= 11 is 0. The van der Waals surface area contributed by atoms with Crippen molar-refractivity contribution in [1.29, 1.82) is 0 Å². The molecule has 1 aliphatic rings. The third-order valence-corrected chi connectivity index (χ3v) is 4.33. The predicted octanol–water partition coefficient (Wildman–Crippen LogP) is 3.33. The second-order valence-corrected chi connectivity index (χ2v) is 6.34. The van der Waals surface area contributed by atoms with E-state index in [1.807, 2.05) is 52.0 Å². The fourth-order valence-electron chi connectivity index (χ4n) is 3.39. The number of rotatable bonds is 3. The Morgan fingerprint density at radius 1 is 1.29 bits per heavy atom. The Labute approximate surface area is 142 Å². The van der Waals surface area contributed by atoms with Crippen LogP contribution in [-0.4, -0.2) is 42.9 Å². The van der Waals surface area contributed by atoms with Crippen LogP contribution >= 0.6 is 0 Å². The minimum atomic E-state index is -0.310. The minimum absolute atomic E-state index is 0.0948. The van der Waals surface area contributed by atoms with Crippen molar-refractivity contribution in [3.8, 4) is 0 Å². The van der Waals surface area contributed by atoms with Gasteiger partial charge in [-0.25, -0.2) is 9.78 Å². The monoisotopic (exact) mass is 328 g/mol. The standard InChI is InChI=1S/C19H24N2O3/c1-5-23-19(22)17-14(4)15-8-6-7-9-16(15)20-18(17)21-10-12(2)24-13(3)11-21/h6-9,12-13H,5,10-11H2,1-4H3. The maximum absolute atomic E-state index is 12.6. The number of anilines is 1. The Bertz CT molecular complexity index is 750. The van der Waals surface area contributed by atoms with Gasteiger partial charge in [0.2, 0.25) is 0 Å². The molecule has 5 nitrogen and oxygen atoms in total.